The summed E-state index contributed by atoms with van der Waals surface area (Å²) < 4.78 is 0. The summed E-state index contributed by atoms with van der Waals surface area (Å²) in [6, 6.07) is 6.07. The zero-order valence-corrected chi connectivity index (χ0v) is 13.4. The summed E-state index contributed by atoms with van der Waals surface area (Å²) in [5.74, 6) is 0.0253. The van der Waals surface area contributed by atoms with Crippen molar-refractivity contribution in [2.75, 3.05) is 25.0 Å². The van der Waals surface area contributed by atoms with Crippen LogP contribution in [-0.2, 0) is 11.3 Å². The molecule has 0 aliphatic carbocycles. The summed E-state index contributed by atoms with van der Waals surface area (Å²) in [6.45, 7) is 7.77. The molecule has 2 N–H and O–H groups in total. The fourth-order valence-corrected chi connectivity index (χ4v) is 2.23. The second-order valence-corrected chi connectivity index (χ2v) is 5.45. The molecular weight excluding hydrogens is 274 g/mol. The Kier molecular flexibility index (Phi) is 6.82. The minimum absolute atomic E-state index is 0.0253. The van der Waals surface area contributed by atoms with Gasteiger partial charge in [0.2, 0.25) is 5.91 Å². The summed E-state index contributed by atoms with van der Waals surface area (Å²) in [5, 5.41) is 6.70. The molecule has 0 saturated carbocycles. The molecule has 0 fully saturated rings. The van der Waals surface area contributed by atoms with Crippen LogP contribution >= 0.6 is 11.6 Å². The summed E-state index contributed by atoms with van der Waals surface area (Å²) in [4.78, 5) is 13.9. The third kappa shape index (κ3) is 5.02. The van der Waals surface area contributed by atoms with Gasteiger partial charge in [0.15, 0.2) is 0 Å². The molecule has 0 unspecified atom stereocenters. The lowest BCUT2D eigenvalue weighted by Gasteiger charge is -2.24. The van der Waals surface area contributed by atoms with Crippen molar-refractivity contribution in [2.24, 2.45) is 0 Å². The minimum Gasteiger partial charge on any atom is -0.362 e. The number of benzene rings is 1. The van der Waals surface area contributed by atoms with Crippen molar-refractivity contribution in [2.45, 2.75) is 33.4 Å². The van der Waals surface area contributed by atoms with Gasteiger partial charge in [-0.15, -0.1) is 0 Å². The van der Waals surface area contributed by atoms with Crippen molar-refractivity contribution in [3.63, 3.8) is 0 Å². The third-order valence-electron chi connectivity index (χ3n) is 2.93. The Balaban J connectivity index is 2.79. The molecule has 0 atom stereocenters. The van der Waals surface area contributed by atoms with E-state index in [1.165, 1.54) is 0 Å². The van der Waals surface area contributed by atoms with Crippen molar-refractivity contribution in [3.8, 4) is 0 Å². The first kappa shape index (κ1) is 16.8. The molecule has 4 nitrogen and oxygen atoms in total. The fraction of sp³-hybridized carbons (Fsp3) is 0.533. The van der Waals surface area contributed by atoms with Gasteiger partial charge in [-0.25, -0.2) is 0 Å². The molecule has 112 valence electrons. The number of carbonyl (C=O) groups excluding carboxylic acids is 1. The van der Waals surface area contributed by atoms with E-state index in [-0.39, 0.29) is 11.9 Å². The Hall–Kier alpha value is -1.26. The number of nitrogens with one attached hydrogen (secondary N) is 2. The maximum absolute atomic E-state index is 11.9. The van der Waals surface area contributed by atoms with Gasteiger partial charge in [0.05, 0.1) is 6.54 Å². The Labute approximate surface area is 126 Å². The van der Waals surface area contributed by atoms with Crippen molar-refractivity contribution in [1.82, 2.24) is 10.6 Å². The number of halogens is 1. The van der Waals surface area contributed by atoms with Gasteiger partial charge in [0.25, 0.3) is 0 Å². The Morgan fingerprint density at radius 3 is 2.60 bits per heavy atom. The maximum Gasteiger partial charge on any atom is 0.239 e. The molecular formula is C15H24ClN3O. The Bertz CT molecular complexity index is 449. The summed E-state index contributed by atoms with van der Waals surface area (Å²) >= 11 is 6.26. The van der Waals surface area contributed by atoms with Crippen LogP contribution < -0.4 is 15.5 Å². The van der Waals surface area contributed by atoms with Crippen LogP contribution in [0.4, 0.5) is 5.69 Å². The lowest BCUT2D eigenvalue weighted by atomic mass is 10.2. The first-order valence-electron chi connectivity index (χ1n) is 6.95. The van der Waals surface area contributed by atoms with Crippen molar-refractivity contribution in [1.29, 1.82) is 0 Å². The smallest absolute Gasteiger partial charge is 0.239 e. The van der Waals surface area contributed by atoms with Crippen LogP contribution in [0.15, 0.2) is 18.2 Å². The quantitative estimate of drug-likeness (QED) is 0.812. The summed E-state index contributed by atoms with van der Waals surface area (Å²) in [7, 11) is 1.89. The molecule has 0 aliphatic rings. The van der Waals surface area contributed by atoms with E-state index in [9.17, 15) is 4.79 Å². The molecule has 1 aromatic carbocycles. The molecule has 1 aromatic rings. The van der Waals surface area contributed by atoms with Crippen LogP contribution in [0.25, 0.3) is 0 Å². The van der Waals surface area contributed by atoms with Gasteiger partial charge in [-0.05, 0) is 45.5 Å². The first-order chi connectivity index (χ1) is 9.47. The van der Waals surface area contributed by atoms with Gasteiger partial charge >= 0.3 is 0 Å². The first-order valence-corrected chi connectivity index (χ1v) is 7.33. The molecule has 1 amide bonds. The highest BCUT2D eigenvalue weighted by atomic mass is 35.5. The van der Waals surface area contributed by atoms with E-state index >= 15 is 0 Å². The maximum atomic E-state index is 11.9. The zero-order valence-electron chi connectivity index (χ0n) is 12.7. The molecule has 0 aliphatic heterocycles. The zero-order chi connectivity index (χ0) is 15.1. The van der Waals surface area contributed by atoms with Gasteiger partial charge < -0.3 is 15.5 Å². The second-order valence-electron chi connectivity index (χ2n) is 5.04. The van der Waals surface area contributed by atoms with E-state index in [1.54, 1.807) is 0 Å². The highest BCUT2D eigenvalue weighted by Gasteiger charge is 2.12. The van der Waals surface area contributed by atoms with Gasteiger partial charge in [0.1, 0.15) is 0 Å². The summed E-state index contributed by atoms with van der Waals surface area (Å²) in [5.41, 5.74) is 2.02. The van der Waals surface area contributed by atoms with E-state index in [2.05, 4.69) is 10.6 Å². The van der Waals surface area contributed by atoms with Crippen molar-refractivity contribution < 1.29 is 4.79 Å². The van der Waals surface area contributed by atoms with Crippen LogP contribution in [0.1, 0.15) is 26.3 Å². The number of nitrogens with zero attached hydrogens (tertiary/aromatic N) is 1. The molecule has 5 heteroatoms. The molecule has 1 rings (SSSR count). The fourth-order valence-electron chi connectivity index (χ4n) is 1.99. The van der Waals surface area contributed by atoms with Crippen LogP contribution in [0.2, 0.25) is 5.02 Å². The van der Waals surface area contributed by atoms with Crippen molar-refractivity contribution >= 4 is 23.2 Å². The number of amides is 1. The number of carbonyl (C=O) groups is 1. The van der Waals surface area contributed by atoms with E-state index < -0.39 is 0 Å². The molecule has 0 bridgehead atoms. The predicted molar refractivity (Wildman–Crippen MR) is 85.4 cm³/mol. The second kappa shape index (κ2) is 8.12. The molecule has 0 radical (unpaired) electrons. The van der Waals surface area contributed by atoms with Gasteiger partial charge in [-0.2, -0.15) is 0 Å². The lowest BCUT2D eigenvalue weighted by Crippen LogP contribution is -2.40. The van der Waals surface area contributed by atoms with Gasteiger partial charge in [0, 0.05) is 29.8 Å². The average molecular weight is 298 g/mol. The highest BCUT2D eigenvalue weighted by Crippen LogP contribution is 2.23. The van der Waals surface area contributed by atoms with E-state index in [0.717, 1.165) is 29.4 Å². The highest BCUT2D eigenvalue weighted by molar-refractivity contribution is 6.31. The number of hydrogen-bond donors (Lipinski definition) is 2. The summed E-state index contributed by atoms with van der Waals surface area (Å²) in [6.07, 6.45) is 0. The van der Waals surface area contributed by atoms with E-state index in [0.29, 0.717) is 6.54 Å². The monoisotopic (exact) mass is 297 g/mol. The number of anilines is 1. The van der Waals surface area contributed by atoms with Crippen LogP contribution in [0.5, 0.6) is 0 Å². The third-order valence-corrected chi connectivity index (χ3v) is 3.29. The molecule has 0 saturated heterocycles. The van der Waals surface area contributed by atoms with Crippen LogP contribution in [0.3, 0.4) is 0 Å². The Morgan fingerprint density at radius 1 is 1.40 bits per heavy atom. The van der Waals surface area contributed by atoms with Crippen molar-refractivity contribution in [3.05, 3.63) is 28.8 Å². The standard InChI is InChI=1S/C15H24ClN3O/c1-5-19(10-15(20)18-11(2)3)13-7-6-12(9-17-4)14(16)8-13/h6-8,11,17H,5,9-10H2,1-4H3,(H,18,20). The average Bonchev–Trinajstić information content (AvgIpc) is 2.37. The largest absolute Gasteiger partial charge is 0.362 e. The topological polar surface area (TPSA) is 44.4 Å². The molecule has 20 heavy (non-hydrogen) atoms. The minimum atomic E-state index is 0.0253. The van der Waals surface area contributed by atoms with Gasteiger partial charge in [-0.3, -0.25) is 4.79 Å². The normalized spacial score (nSPS) is 10.7. The van der Waals surface area contributed by atoms with Crippen LogP contribution in [0, 0.1) is 0 Å². The predicted octanol–water partition coefficient (Wildman–Crippen LogP) is 2.41. The number of likely N-dealkylation sites (N-methyl/N-ethyl adjacent to an activating group) is 1. The SMILES string of the molecule is CCN(CC(=O)NC(C)C)c1ccc(CNC)c(Cl)c1. The Morgan fingerprint density at radius 2 is 2.10 bits per heavy atom. The number of rotatable bonds is 7. The molecule has 0 aromatic heterocycles. The van der Waals surface area contributed by atoms with E-state index in [1.807, 2.05) is 50.9 Å². The molecule has 0 heterocycles. The van der Waals surface area contributed by atoms with Gasteiger partial charge in [-0.1, -0.05) is 17.7 Å². The number of hydrogen-bond acceptors (Lipinski definition) is 3. The lowest BCUT2D eigenvalue weighted by molar-refractivity contribution is -0.120. The van der Waals surface area contributed by atoms with Crippen LogP contribution in [-0.4, -0.2) is 32.1 Å². The van der Waals surface area contributed by atoms with E-state index in [4.69, 9.17) is 11.6 Å². The molecule has 0 spiro atoms.